The van der Waals surface area contributed by atoms with Gasteiger partial charge in [-0.3, -0.25) is 4.90 Å². The number of likely N-dealkylation sites (tertiary alicyclic amines) is 1. The summed E-state index contributed by atoms with van der Waals surface area (Å²) in [6, 6.07) is 2.44. The van der Waals surface area contributed by atoms with E-state index in [0.29, 0.717) is 33.9 Å². The third-order valence-electron chi connectivity index (χ3n) is 4.38. The molecule has 3 rings (SSSR count). The number of sulfonamides is 1. The van der Waals surface area contributed by atoms with E-state index in [-0.39, 0.29) is 0 Å². The quantitative estimate of drug-likeness (QED) is 0.848. The summed E-state index contributed by atoms with van der Waals surface area (Å²) >= 11 is 4.60. The Labute approximate surface area is 138 Å². The van der Waals surface area contributed by atoms with E-state index in [4.69, 9.17) is 5.73 Å². The molecule has 0 bridgehead atoms. The molecular formula is C13H20BrN3O2S2. The molecule has 21 heavy (non-hydrogen) atoms. The maximum Gasteiger partial charge on any atom is 0.253 e. The number of thiophene rings is 1. The van der Waals surface area contributed by atoms with Crippen molar-refractivity contribution < 1.29 is 8.42 Å². The average molecular weight is 394 g/mol. The summed E-state index contributed by atoms with van der Waals surface area (Å²) in [5.41, 5.74) is 5.94. The number of halogens is 1. The Balaban J connectivity index is 1.68. The monoisotopic (exact) mass is 393 g/mol. The zero-order valence-corrected chi connectivity index (χ0v) is 15.0. The Morgan fingerprint density at radius 1 is 1.24 bits per heavy atom. The molecule has 0 aliphatic carbocycles. The minimum absolute atomic E-state index is 0.310. The van der Waals surface area contributed by atoms with Crippen molar-refractivity contribution in [3.8, 4) is 0 Å². The summed E-state index contributed by atoms with van der Waals surface area (Å²) in [4.78, 5) is 2.41. The first-order valence-corrected chi connectivity index (χ1v) is 10.3. The molecule has 1 aromatic heterocycles. The second-order valence-electron chi connectivity index (χ2n) is 5.73. The van der Waals surface area contributed by atoms with Crippen LogP contribution in [0.2, 0.25) is 0 Å². The Morgan fingerprint density at radius 2 is 1.95 bits per heavy atom. The molecule has 1 unspecified atom stereocenters. The van der Waals surface area contributed by atoms with Gasteiger partial charge in [-0.15, -0.1) is 11.3 Å². The smallest absolute Gasteiger partial charge is 0.253 e. The van der Waals surface area contributed by atoms with Gasteiger partial charge in [-0.2, -0.15) is 4.31 Å². The van der Waals surface area contributed by atoms with Crippen LogP contribution in [0.4, 0.5) is 0 Å². The number of rotatable bonds is 3. The van der Waals surface area contributed by atoms with Crippen molar-refractivity contribution in [2.75, 3.05) is 26.2 Å². The van der Waals surface area contributed by atoms with Gasteiger partial charge >= 0.3 is 0 Å². The minimum atomic E-state index is -3.35. The largest absolute Gasteiger partial charge is 0.328 e. The van der Waals surface area contributed by atoms with Crippen LogP contribution < -0.4 is 5.73 Å². The van der Waals surface area contributed by atoms with E-state index in [0.717, 1.165) is 32.4 Å². The summed E-state index contributed by atoms with van der Waals surface area (Å²) in [6.45, 7) is 3.19. The molecule has 2 aliphatic rings. The zero-order valence-electron chi connectivity index (χ0n) is 11.7. The van der Waals surface area contributed by atoms with Crippen molar-refractivity contribution in [3.63, 3.8) is 0 Å². The van der Waals surface area contributed by atoms with Gasteiger partial charge in [-0.1, -0.05) is 0 Å². The molecule has 0 radical (unpaired) electrons. The number of piperidine rings is 1. The van der Waals surface area contributed by atoms with Gasteiger partial charge < -0.3 is 5.73 Å². The van der Waals surface area contributed by atoms with Gasteiger partial charge in [0.05, 0.1) is 0 Å². The van der Waals surface area contributed by atoms with Crippen LogP contribution >= 0.6 is 27.3 Å². The van der Waals surface area contributed by atoms with Crippen molar-refractivity contribution >= 4 is 37.3 Å². The van der Waals surface area contributed by atoms with Gasteiger partial charge in [0.1, 0.15) is 4.21 Å². The second-order valence-corrected chi connectivity index (χ2v) is 9.64. The predicted octanol–water partition coefficient (Wildman–Crippen LogP) is 1.70. The molecule has 2 saturated heterocycles. The minimum Gasteiger partial charge on any atom is -0.328 e. The zero-order chi connectivity index (χ0) is 15.0. The molecule has 8 heteroatoms. The molecule has 1 atom stereocenters. The molecule has 118 valence electrons. The topological polar surface area (TPSA) is 66.6 Å². The predicted molar refractivity (Wildman–Crippen MR) is 88.0 cm³/mol. The highest BCUT2D eigenvalue weighted by molar-refractivity contribution is 9.10. The van der Waals surface area contributed by atoms with Crippen molar-refractivity contribution in [2.45, 2.75) is 35.6 Å². The average Bonchev–Trinajstić information content (AvgIpc) is 3.08. The van der Waals surface area contributed by atoms with Crippen molar-refractivity contribution in [3.05, 3.63) is 15.9 Å². The number of hydrogen-bond acceptors (Lipinski definition) is 5. The van der Waals surface area contributed by atoms with E-state index in [1.165, 1.54) is 11.3 Å². The molecule has 2 aliphatic heterocycles. The molecule has 1 aromatic rings. The Kier molecular flexibility index (Phi) is 4.73. The third kappa shape index (κ3) is 3.20. The highest BCUT2D eigenvalue weighted by Crippen LogP contribution is 2.32. The molecule has 3 heterocycles. The molecule has 0 saturated carbocycles. The van der Waals surface area contributed by atoms with Crippen molar-refractivity contribution in [1.29, 1.82) is 0 Å². The van der Waals surface area contributed by atoms with Gasteiger partial charge in [-0.25, -0.2) is 8.42 Å². The second kappa shape index (κ2) is 6.25. The normalized spacial score (nSPS) is 26.5. The SMILES string of the molecule is NC1CCN(C2CCN(S(=O)(=O)c3sccc3Br)C2)CC1. The standard InChI is InChI=1S/C13H20BrN3O2S2/c14-12-4-8-20-13(12)21(18,19)17-7-3-11(9-17)16-5-1-10(15)2-6-16/h4,8,10-11H,1-3,5-7,9,15H2. The summed E-state index contributed by atoms with van der Waals surface area (Å²) in [5, 5.41) is 1.80. The molecule has 0 aromatic carbocycles. The fourth-order valence-corrected chi connectivity index (χ4v) is 7.03. The van der Waals surface area contributed by atoms with E-state index in [1.807, 2.05) is 0 Å². The highest BCUT2D eigenvalue weighted by Gasteiger charge is 2.37. The maximum atomic E-state index is 12.7. The summed E-state index contributed by atoms with van der Waals surface area (Å²) in [7, 11) is -3.35. The van der Waals surface area contributed by atoms with Crippen LogP contribution in [0.3, 0.4) is 0 Å². The summed E-state index contributed by atoms with van der Waals surface area (Å²) < 4.78 is 28.0. The van der Waals surface area contributed by atoms with E-state index in [1.54, 1.807) is 15.8 Å². The molecule has 5 nitrogen and oxygen atoms in total. The Hall–Kier alpha value is 0.01000. The van der Waals surface area contributed by atoms with E-state index >= 15 is 0 Å². The molecule has 2 fully saturated rings. The third-order valence-corrected chi connectivity index (χ3v) is 8.89. The van der Waals surface area contributed by atoms with Crippen LogP contribution in [-0.4, -0.2) is 55.9 Å². The first-order valence-electron chi connectivity index (χ1n) is 7.21. The van der Waals surface area contributed by atoms with Crippen LogP contribution in [0.5, 0.6) is 0 Å². The van der Waals surface area contributed by atoms with Crippen molar-refractivity contribution in [1.82, 2.24) is 9.21 Å². The van der Waals surface area contributed by atoms with Gasteiger partial charge in [-0.05, 0) is 59.7 Å². The molecule has 0 amide bonds. The first-order chi connectivity index (χ1) is 9.98. The maximum absolute atomic E-state index is 12.7. The number of nitrogens with zero attached hydrogens (tertiary/aromatic N) is 2. The fourth-order valence-electron chi connectivity index (χ4n) is 3.09. The lowest BCUT2D eigenvalue weighted by Crippen LogP contribution is -2.46. The molecular weight excluding hydrogens is 374 g/mol. The van der Waals surface area contributed by atoms with Gasteiger partial charge in [0, 0.05) is 29.6 Å². The number of nitrogens with two attached hydrogens (primary N) is 1. The van der Waals surface area contributed by atoms with E-state index in [9.17, 15) is 8.42 Å². The van der Waals surface area contributed by atoms with Crippen molar-refractivity contribution in [2.24, 2.45) is 5.73 Å². The number of hydrogen-bond donors (Lipinski definition) is 1. The fraction of sp³-hybridized carbons (Fsp3) is 0.692. The van der Waals surface area contributed by atoms with Crippen LogP contribution in [0.15, 0.2) is 20.1 Å². The Bertz CT molecular complexity index is 596. The lowest BCUT2D eigenvalue weighted by molar-refractivity contribution is 0.159. The summed E-state index contributed by atoms with van der Waals surface area (Å²) in [6.07, 6.45) is 2.94. The summed E-state index contributed by atoms with van der Waals surface area (Å²) in [5.74, 6) is 0. The lowest BCUT2D eigenvalue weighted by Gasteiger charge is -2.34. The lowest BCUT2D eigenvalue weighted by atomic mass is 10.0. The Morgan fingerprint density at radius 3 is 2.57 bits per heavy atom. The van der Waals surface area contributed by atoms with Crippen LogP contribution in [0.1, 0.15) is 19.3 Å². The highest BCUT2D eigenvalue weighted by atomic mass is 79.9. The van der Waals surface area contributed by atoms with E-state index < -0.39 is 10.0 Å². The molecule has 0 spiro atoms. The van der Waals surface area contributed by atoms with E-state index in [2.05, 4.69) is 20.8 Å². The van der Waals surface area contributed by atoms with Gasteiger partial charge in [0.25, 0.3) is 10.0 Å². The van der Waals surface area contributed by atoms with Crippen LogP contribution in [0, 0.1) is 0 Å². The van der Waals surface area contributed by atoms with Gasteiger partial charge in [0.2, 0.25) is 0 Å². The first kappa shape index (κ1) is 15.9. The van der Waals surface area contributed by atoms with Gasteiger partial charge in [0.15, 0.2) is 0 Å². The van der Waals surface area contributed by atoms with Crippen LogP contribution in [-0.2, 0) is 10.0 Å². The molecule has 2 N–H and O–H groups in total. The van der Waals surface area contributed by atoms with Crippen LogP contribution in [0.25, 0.3) is 0 Å².